The Balaban J connectivity index is 1.62. The van der Waals surface area contributed by atoms with Crippen molar-refractivity contribution in [3.05, 3.63) is 54.5 Å². The number of ether oxygens (including phenoxy) is 1. The largest absolute Gasteiger partial charge is 0.488 e. The number of carbonyl (C=O) groups is 1. The SMILES string of the molecule is O=C(N[C@@H]1CCC[C@H]1Oc1ccccc1)c1ccoc1. The van der Waals surface area contributed by atoms with Crippen LogP contribution in [0.5, 0.6) is 5.75 Å². The number of rotatable bonds is 4. The zero-order chi connectivity index (χ0) is 13.8. The number of hydrogen-bond acceptors (Lipinski definition) is 3. The van der Waals surface area contributed by atoms with E-state index in [1.807, 2.05) is 30.3 Å². The van der Waals surface area contributed by atoms with Crippen molar-refractivity contribution in [2.75, 3.05) is 0 Å². The highest BCUT2D eigenvalue weighted by Crippen LogP contribution is 2.25. The van der Waals surface area contributed by atoms with E-state index in [1.54, 1.807) is 6.07 Å². The van der Waals surface area contributed by atoms with Crippen LogP contribution in [0.25, 0.3) is 0 Å². The van der Waals surface area contributed by atoms with Gasteiger partial charge in [0.25, 0.3) is 5.91 Å². The zero-order valence-electron chi connectivity index (χ0n) is 11.1. The van der Waals surface area contributed by atoms with Crippen molar-refractivity contribution in [1.29, 1.82) is 0 Å². The molecule has 0 saturated heterocycles. The molecular weight excluding hydrogens is 254 g/mol. The van der Waals surface area contributed by atoms with Gasteiger partial charge in [0, 0.05) is 0 Å². The molecule has 20 heavy (non-hydrogen) atoms. The van der Waals surface area contributed by atoms with Crippen LogP contribution in [-0.4, -0.2) is 18.1 Å². The second kappa shape index (κ2) is 5.82. The van der Waals surface area contributed by atoms with Crippen molar-refractivity contribution in [2.24, 2.45) is 0 Å². The lowest BCUT2D eigenvalue weighted by Crippen LogP contribution is -2.42. The van der Waals surface area contributed by atoms with E-state index in [2.05, 4.69) is 5.32 Å². The van der Waals surface area contributed by atoms with Gasteiger partial charge in [-0.2, -0.15) is 0 Å². The minimum Gasteiger partial charge on any atom is -0.488 e. The molecule has 1 fully saturated rings. The van der Waals surface area contributed by atoms with Crippen LogP contribution >= 0.6 is 0 Å². The van der Waals surface area contributed by atoms with Crippen LogP contribution in [0.15, 0.2) is 53.3 Å². The Bertz CT molecular complexity index is 550. The third-order valence-electron chi connectivity index (χ3n) is 3.58. The molecule has 0 aliphatic heterocycles. The molecule has 0 bridgehead atoms. The summed E-state index contributed by atoms with van der Waals surface area (Å²) < 4.78 is 10.9. The standard InChI is InChI=1S/C16H17NO3/c18-16(12-9-10-19-11-12)17-14-7-4-8-15(14)20-13-5-2-1-3-6-13/h1-3,5-6,9-11,14-15H,4,7-8H2,(H,17,18)/t14-,15-/m1/s1. The number of para-hydroxylation sites is 1. The lowest BCUT2D eigenvalue weighted by molar-refractivity contribution is 0.0893. The molecule has 2 aromatic rings. The van der Waals surface area contributed by atoms with Crippen molar-refractivity contribution in [2.45, 2.75) is 31.4 Å². The lowest BCUT2D eigenvalue weighted by Gasteiger charge is -2.22. The molecule has 1 aromatic carbocycles. The minimum absolute atomic E-state index is 0.0354. The van der Waals surface area contributed by atoms with Gasteiger partial charge in [0.05, 0.1) is 17.9 Å². The van der Waals surface area contributed by atoms with Crippen LogP contribution in [0.2, 0.25) is 0 Å². The van der Waals surface area contributed by atoms with E-state index in [-0.39, 0.29) is 18.1 Å². The molecule has 1 aliphatic carbocycles. The zero-order valence-corrected chi connectivity index (χ0v) is 11.1. The average molecular weight is 271 g/mol. The Morgan fingerprint density at radius 3 is 2.80 bits per heavy atom. The third-order valence-corrected chi connectivity index (χ3v) is 3.58. The molecule has 1 N–H and O–H groups in total. The fourth-order valence-electron chi connectivity index (χ4n) is 2.55. The van der Waals surface area contributed by atoms with Crippen LogP contribution in [0.3, 0.4) is 0 Å². The molecule has 1 aliphatic rings. The van der Waals surface area contributed by atoms with E-state index >= 15 is 0 Å². The van der Waals surface area contributed by atoms with Gasteiger partial charge in [0.2, 0.25) is 0 Å². The Morgan fingerprint density at radius 2 is 2.05 bits per heavy atom. The van der Waals surface area contributed by atoms with Crippen molar-refractivity contribution in [1.82, 2.24) is 5.32 Å². The summed E-state index contributed by atoms with van der Waals surface area (Å²) in [5, 5.41) is 3.03. The van der Waals surface area contributed by atoms with Gasteiger partial charge in [-0.1, -0.05) is 18.2 Å². The molecule has 1 aromatic heterocycles. The summed E-state index contributed by atoms with van der Waals surface area (Å²) >= 11 is 0. The first kappa shape index (κ1) is 12.8. The molecule has 2 atom stereocenters. The molecule has 0 radical (unpaired) electrons. The summed E-state index contributed by atoms with van der Waals surface area (Å²) in [6.45, 7) is 0. The van der Waals surface area contributed by atoms with Crippen molar-refractivity contribution < 1.29 is 13.9 Å². The summed E-state index contributed by atoms with van der Waals surface area (Å²) in [6, 6.07) is 11.4. The molecule has 4 nitrogen and oxygen atoms in total. The van der Waals surface area contributed by atoms with Gasteiger partial charge in [-0.15, -0.1) is 0 Å². The highest BCUT2D eigenvalue weighted by Gasteiger charge is 2.30. The second-order valence-electron chi connectivity index (χ2n) is 4.99. The van der Waals surface area contributed by atoms with E-state index in [0.29, 0.717) is 5.56 Å². The lowest BCUT2D eigenvalue weighted by atomic mass is 10.2. The van der Waals surface area contributed by atoms with Crippen molar-refractivity contribution in [3.8, 4) is 5.75 Å². The van der Waals surface area contributed by atoms with Crippen molar-refractivity contribution >= 4 is 5.91 Å². The van der Waals surface area contributed by atoms with Crippen LogP contribution in [0.4, 0.5) is 0 Å². The molecule has 0 unspecified atom stereocenters. The molecule has 0 spiro atoms. The average Bonchev–Trinajstić information content (AvgIpc) is 3.12. The van der Waals surface area contributed by atoms with Crippen molar-refractivity contribution in [3.63, 3.8) is 0 Å². The third kappa shape index (κ3) is 2.85. The number of nitrogens with one attached hydrogen (secondary N) is 1. The highest BCUT2D eigenvalue weighted by molar-refractivity contribution is 5.94. The fraction of sp³-hybridized carbons (Fsp3) is 0.312. The number of amides is 1. The van der Waals surface area contributed by atoms with Crippen LogP contribution < -0.4 is 10.1 Å². The summed E-state index contributed by atoms with van der Waals surface area (Å²) in [5.74, 6) is 0.745. The normalized spacial score (nSPS) is 21.6. The van der Waals surface area contributed by atoms with Gasteiger partial charge in [-0.05, 0) is 37.5 Å². The van der Waals surface area contributed by atoms with E-state index in [4.69, 9.17) is 9.15 Å². The maximum absolute atomic E-state index is 12.0. The Morgan fingerprint density at radius 1 is 1.20 bits per heavy atom. The summed E-state index contributed by atoms with van der Waals surface area (Å²) in [7, 11) is 0. The smallest absolute Gasteiger partial charge is 0.254 e. The van der Waals surface area contributed by atoms with Crippen LogP contribution in [0, 0.1) is 0 Å². The number of carbonyl (C=O) groups excluding carboxylic acids is 1. The van der Waals surface area contributed by atoms with Gasteiger partial charge < -0.3 is 14.5 Å². The molecule has 1 heterocycles. The van der Waals surface area contributed by atoms with Gasteiger partial charge in [-0.25, -0.2) is 0 Å². The second-order valence-corrected chi connectivity index (χ2v) is 4.99. The van der Waals surface area contributed by atoms with Gasteiger partial charge in [0.15, 0.2) is 0 Å². The highest BCUT2D eigenvalue weighted by atomic mass is 16.5. The number of hydrogen-bond donors (Lipinski definition) is 1. The fourth-order valence-corrected chi connectivity index (χ4v) is 2.55. The van der Waals surface area contributed by atoms with Crippen LogP contribution in [0.1, 0.15) is 29.6 Å². The van der Waals surface area contributed by atoms with E-state index in [1.165, 1.54) is 12.5 Å². The summed E-state index contributed by atoms with van der Waals surface area (Å²) in [6.07, 6.45) is 5.96. The molecule has 1 amide bonds. The van der Waals surface area contributed by atoms with E-state index < -0.39 is 0 Å². The maximum atomic E-state index is 12.0. The van der Waals surface area contributed by atoms with Gasteiger partial charge >= 0.3 is 0 Å². The first-order valence-electron chi connectivity index (χ1n) is 6.88. The quantitative estimate of drug-likeness (QED) is 0.930. The molecule has 104 valence electrons. The Hall–Kier alpha value is -2.23. The molecule has 3 rings (SSSR count). The Kier molecular flexibility index (Phi) is 3.72. The number of benzene rings is 1. The predicted octanol–water partition coefficient (Wildman–Crippen LogP) is 3.01. The van der Waals surface area contributed by atoms with E-state index in [9.17, 15) is 4.79 Å². The first-order chi connectivity index (χ1) is 9.83. The Labute approximate surface area is 117 Å². The number of furan rings is 1. The van der Waals surface area contributed by atoms with E-state index in [0.717, 1.165) is 25.0 Å². The van der Waals surface area contributed by atoms with Gasteiger partial charge in [0.1, 0.15) is 18.1 Å². The maximum Gasteiger partial charge on any atom is 0.254 e. The molecule has 4 heteroatoms. The summed E-state index contributed by atoms with van der Waals surface area (Å²) in [4.78, 5) is 12.0. The molecular formula is C16H17NO3. The van der Waals surface area contributed by atoms with Crippen LogP contribution in [-0.2, 0) is 0 Å². The first-order valence-corrected chi connectivity index (χ1v) is 6.88. The van der Waals surface area contributed by atoms with Gasteiger partial charge in [-0.3, -0.25) is 4.79 Å². The monoisotopic (exact) mass is 271 g/mol. The predicted molar refractivity (Wildman–Crippen MR) is 74.7 cm³/mol. The minimum atomic E-state index is -0.104. The summed E-state index contributed by atoms with van der Waals surface area (Å²) in [5.41, 5.74) is 0.551. The molecule has 1 saturated carbocycles. The topological polar surface area (TPSA) is 51.5 Å².